The van der Waals surface area contributed by atoms with Crippen LogP contribution in [0.15, 0.2) is 24.4 Å². The first-order valence-corrected chi connectivity index (χ1v) is 8.28. The second-order valence-electron chi connectivity index (χ2n) is 6.07. The Hall–Kier alpha value is -1.48. The van der Waals surface area contributed by atoms with E-state index in [9.17, 15) is 0 Å². The summed E-state index contributed by atoms with van der Waals surface area (Å²) in [6.07, 6.45) is 5.72. The fourth-order valence-electron chi connectivity index (χ4n) is 3.50. The van der Waals surface area contributed by atoms with Crippen molar-refractivity contribution in [3.05, 3.63) is 30.0 Å². The van der Waals surface area contributed by atoms with Crippen LogP contribution in [-0.4, -0.2) is 24.7 Å². The molecule has 3 rings (SSSR count). The van der Waals surface area contributed by atoms with Crippen molar-refractivity contribution in [3.63, 3.8) is 0 Å². The smallest absolute Gasteiger partial charge is 0.120 e. The molecular weight excluding hydrogens is 260 g/mol. The van der Waals surface area contributed by atoms with E-state index >= 15 is 0 Å². The lowest BCUT2D eigenvalue weighted by Crippen LogP contribution is -2.34. The fourth-order valence-corrected chi connectivity index (χ4v) is 3.50. The Kier molecular flexibility index (Phi) is 4.49. The van der Waals surface area contributed by atoms with E-state index < -0.39 is 0 Å². The van der Waals surface area contributed by atoms with Crippen LogP contribution in [0.5, 0.6) is 5.75 Å². The van der Waals surface area contributed by atoms with Crippen LogP contribution in [0.25, 0.3) is 10.9 Å². The van der Waals surface area contributed by atoms with E-state index in [1.807, 2.05) is 0 Å². The SMILES string of the molecule is CCCOc1ccc2[nH]cc(C3CCNCC3CC)c2c1. The van der Waals surface area contributed by atoms with Crippen molar-refractivity contribution < 1.29 is 4.74 Å². The molecule has 1 saturated heterocycles. The first-order valence-electron chi connectivity index (χ1n) is 8.28. The number of H-pyrrole nitrogens is 1. The first-order chi connectivity index (χ1) is 10.3. The van der Waals surface area contributed by atoms with Gasteiger partial charge in [0, 0.05) is 17.1 Å². The third kappa shape index (κ3) is 2.93. The molecule has 0 saturated carbocycles. The van der Waals surface area contributed by atoms with Crippen LogP contribution in [0, 0.1) is 5.92 Å². The van der Waals surface area contributed by atoms with Crippen LogP contribution >= 0.6 is 0 Å². The number of aromatic nitrogens is 1. The van der Waals surface area contributed by atoms with Gasteiger partial charge >= 0.3 is 0 Å². The van der Waals surface area contributed by atoms with Gasteiger partial charge in [-0.2, -0.15) is 0 Å². The monoisotopic (exact) mass is 286 g/mol. The van der Waals surface area contributed by atoms with Crippen LogP contribution in [0.1, 0.15) is 44.6 Å². The summed E-state index contributed by atoms with van der Waals surface area (Å²) in [6.45, 7) is 7.49. The van der Waals surface area contributed by atoms with Crippen molar-refractivity contribution in [2.24, 2.45) is 5.92 Å². The predicted octanol–water partition coefficient (Wildman–Crippen LogP) is 4.06. The molecule has 3 heteroatoms. The highest BCUT2D eigenvalue weighted by Crippen LogP contribution is 2.37. The minimum Gasteiger partial charge on any atom is -0.494 e. The number of ether oxygens (including phenoxy) is 1. The molecule has 0 radical (unpaired) electrons. The third-order valence-corrected chi connectivity index (χ3v) is 4.69. The van der Waals surface area contributed by atoms with Crippen LogP contribution in [0.2, 0.25) is 0 Å². The summed E-state index contributed by atoms with van der Waals surface area (Å²) in [7, 11) is 0. The summed E-state index contributed by atoms with van der Waals surface area (Å²) in [5.74, 6) is 2.39. The number of aromatic amines is 1. The highest BCUT2D eigenvalue weighted by atomic mass is 16.5. The van der Waals surface area contributed by atoms with Gasteiger partial charge < -0.3 is 15.0 Å². The van der Waals surface area contributed by atoms with Crippen molar-refractivity contribution in [3.8, 4) is 5.75 Å². The zero-order chi connectivity index (χ0) is 14.7. The van der Waals surface area contributed by atoms with Gasteiger partial charge in [0.15, 0.2) is 0 Å². The Morgan fingerprint density at radius 1 is 1.29 bits per heavy atom. The molecule has 0 aliphatic carbocycles. The minimum absolute atomic E-state index is 0.659. The first kappa shape index (κ1) is 14.5. The summed E-state index contributed by atoms with van der Waals surface area (Å²) in [5, 5.41) is 4.87. The summed E-state index contributed by atoms with van der Waals surface area (Å²) in [6, 6.07) is 6.43. The van der Waals surface area contributed by atoms with E-state index in [0.29, 0.717) is 5.92 Å². The number of nitrogens with one attached hydrogen (secondary N) is 2. The quantitative estimate of drug-likeness (QED) is 0.869. The normalized spacial score (nSPS) is 22.6. The largest absolute Gasteiger partial charge is 0.494 e. The number of fused-ring (bicyclic) bond motifs is 1. The Balaban J connectivity index is 1.93. The van der Waals surface area contributed by atoms with Gasteiger partial charge in [0.1, 0.15) is 5.75 Å². The maximum atomic E-state index is 5.80. The van der Waals surface area contributed by atoms with Gasteiger partial charge in [0.25, 0.3) is 0 Å². The Morgan fingerprint density at radius 2 is 2.19 bits per heavy atom. The molecule has 0 amide bonds. The maximum absolute atomic E-state index is 5.80. The van der Waals surface area contributed by atoms with Crippen LogP contribution in [0.3, 0.4) is 0 Å². The van der Waals surface area contributed by atoms with Crippen molar-refractivity contribution in [2.75, 3.05) is 19.7 Å². The molecule has 0 bridgehead atoms. The van der Waals surface area contributed by atoms with E-state index in [0.717, 1.165) is 37.8 Å². The minimum atomic E-state index is 0.659. The molecule has 1 aromatic carbocycles. The van der Waals surface area contributed by atoms with Crippen molar-refractivity contribution in [2.45, 2.75) is 39.0 Å². The molecule has 2 heterocycles. The molecular formula is C18H26N2O. The van der Waals surface area contributed by atoms with E-state index in [2.05, 4.69) is 48.5 Å². The van der Waals surface area contributed by atoms with Gasteiger partial charge in [0.05, 0.1) is 6.61 Å². The lowest BCUT2D eigenvalue weighted by atomic mass is 9.80. The summed E-state index contributed by atoms with van der Waals surface area (Å²) in [4.78, 5) is 3.44. The van der Waals surface area contributed by atoms with E-state index in [1.54, 1.807) is 0 Å². The van der Waals surface area contributed by atoms with Gasteiger partial charge in [-0.15, -0.1) is 0 Å². The van der Waals surface area contributed by atoms with E-state index in [4.69, 9.17) is 4.74 Å². The molecule has 1 aliphatic rings. The van der Waals surface area contributed by atoms with Gasteiger partial charge in [-0.1, -0.05) is 20.3 Å². The van der Waals surface area contributed by atoms with Gasteiger partial charge in [-0.25, -0.2) is 0 Å². The van der Waals surface area contributed by atoms with E-state index in [1.165, 1.54) is 29.3 Å². The van der Waals surface area contributed by atoms with Gasteiger partial charge in [-0.05, 0) is 61.5 Å². The zero-order valence-corrected chi connectivity index (χ0v) is 13.1. The zero-order valence-electron chi connectivity index (χ0n) is 13.1. The second kappa shape index (κ2) is 6.52. The van der Waals surface area contributed by atoms with Crippen LogP contribution < -0.4 is 10.1 Å². The molecule has 114 valence electrons. The van der Waals surface area contributed by atoms with Gasteiger partial charge in [0.2, 0.25) is 0 Å². The number of rotatable bonds is 5. The van der Waals surface area contributed by atoms with Crippen LogP contribution in [0.4, 0.5) is 0 Å². The molecule has 2 aromatic rings. The Morgan fingerprint density at radius 3 is 3.00 bits per heavy atom. The summed E-state index contributed by atoms with van der Waals surface area (Å²) in [5.41, 5.74) is 2.70. The average Bonchev–Trinajstić information content (AvgIpc) is 2.95. The molecule has 1 aromatic heterocycles. The standard InChI is InChI=1S/C18H26N2O/c1-3-9-21-14-5-6-18-16(10-14)17(12-20-18)15-7-8-19-11-13(15)4-2/h5-6,10,12-13,15,19-20H,3-4,7-9,11H2,1-2H3. The second-order valence-corrected chi connectivity index (χ2v) is 6.07. The Bertz CT molecular complexity index is 590. The van der Waals surface area contributed by atoms with Crippen molar-refractivity contribution in [1.82, 2.24) is 10.3 Å². The van der Waals surface area contributed by atoms with E-state index in [-0.39, 0.29) is 0 Å². The Labute approximate surface area is 127 Å². The molecule has 2 unspecified atom stereocenters. The van der Waals surface area contributed by atoms with Crippen molar-refractivity contribution >= 4 is 10.9 Å². The molecule has 21 heavy (non-hydrogen) atoms. The molecule has 2 atom stereocenters. The molecule has 1 fully saturated rings. The number of hydrogen-bond acceptors (Lipinski definition) is 2. The average molecular weight is 286 g/mol. The lowest BCUT2D eigenvalue weighted by Gasteiger charge is -2.31. The third-order valence-electron chi connectivity index (χ3n) is 4.69. The summed E-state index contributed by atoms with van der Waals surface area (Å²) < 4.78 is 5.80. The van der Waals surface area contributed by atoms with Gasteiger partial charge in [-0.3, -0.25) is 0 Å². The summed E-state index contributed by atoms with van der Waals surface area (Å²) >= 11 is 0. The lowest BCUT2D eigenvalue weighted by molar-refractivity contribution is 0.316. The molecule has 2 N–H and O–H groups in total. The molecule has 0 spiro atoms. The highest BCUT2D eigenvalue weighted by molar-refractivity contribution is 5.85. The number of benzene rings is 1. The topological polar surface area (TPSA) is 37.0 Å². The predicted molar refractivity (Wildman–Crippen MR) is 88.1 cm³/mol. The fraction of sp³-hybridized carbons (Fsp3) is 0.556. The highest BCUT2D eigenvalue weighted by Gasteiger charge is 2.26. The van der Waals surface area contributed by atoms with Crippen LogP contribution in [-0.2, 0) is 0 Å². The molecule has 1 aliphatic heterocycles. The number of hydrogen-bond donors (Lipinski definition) is 2. The van der Waals surface area contributed by atoms with Crippen molar-refractivity contribution in [1.29, 1.82) is 0 Å². The molecule has 3 nitrogen and oxygen atoms in total. The maximum Gasteiger partial charge on any atom is 0.120 e. The number of piperidine rings is 1.